The highest BCUT2D eigenvalue weighted by Crippen LogP contribution is 2.30. The van der Waals surface area contributed by atoms with E-state index in [4.69, 9.17) is 0 Å². The second kappa shape index (κ2) is 7.56. The summed E-state index contributed by atoms with van der Waals surface area (Å²) in [7, 11) is -3.68. The third kappa shape index (κ3) is 4.20. The number of carbonyl (C=O) groups is 1. The van der Waals surface area contributed by atoms with Crippen molar-refractivity contribution in [3.8, 4) is 0 Å². The molecule has 5 nitrogen and oxygen atoms in total. The average molecular weight is 412 g/mol. The molecule has 0 aromatic heterocycles. The number of nitrogens with one attached hydrogen (secondary N) is 1. The highest BCUT2D eigenvalue weighted by atomic mass is 32.2. The van der Waals surface area contributed by atoms with E-state index in [1.807, 2.05) is 0 Å². The van der Waals surface area contributed by atoms with Crippen molar-refractivity contribution in [1.29, 1.82) is 0 Å². The minimum Gasteiger partial charge on any atom is -0.322 e. The molecule has 0 radical (unpaired) electrons. The largest absolute Gasteiger partial charge is 0.416 e. The van der Waals surface area contributed by atoms with Gasteiger partial charge in [-0.25, -0.2) is 8.42 Å². The molecule has 1 saturated heterocycles. The van der Waals surface area contributed by atoms with E-state index in [0.29, 0.717) is 18.7 Å². The van der Waals surface area contributed by atoms with Gasteiger partial charge >= 0.3 is 6.18 Å². The summed E-state index contributed by atoms with van der Waals surface area (Å²) in [6.07, 6.45) is -2.86. The Morgan fingerprint density at radius 2 is 1.64 bits per heavy atom. The van der Waals surface area contributed by atoms with Crippen LogP contribution in [-0.4, -0.2) is 31.7 Å². The number of hydrogen-bond donors (Lipinski definition) is 1. The molecule has 0 saturated carbocycles. The quantitative estimate of drug-likeness (QED) is 0.824. The molecule has 150 valence electrons. The lowest BCUT2D eigenvalue weighted by atomic mass is 10.1. The first-order valence-electron chi connectivity index (χ1n) is 8.68. The van der Waals surface area contributed by atoms with Crippen molar-refractivity contribution >= 4 is 21.6 Å². The smallest absolute Gasteiger partial charge is 0.322 e. The Bertz CT molecular complexity index is 980. The number of amides is 1. The first kappa shape index (κ1) is 20.3. The third-order valence-corrected chi connectivity index (χ3v) is 6.52. The molecule has 1 fully saturated rings. The Labute approximate surface area is 161 Å². The van der Waals surface area contributed by atoms with Gasteiger partial charge in [-0.15, -0.1) is 0 Å². The number of rotatable bonds is 4. The number of anilines is 1. The first-order valence-corrected chi connectivity index (χ1v) is 10.1. The van der Waals surface area contributed by atoms with Gasteiger partial charge in [-0.05, 0) is 61.7 Å². The topological polar surface area (TPSA) is 66.5 Å². The predicted molar refractivity (Wildman–Crippen MR) is 98.6 cm³/mol. The summed E-state index contributed by atoms with van der Waals surface area (Å²) >= 11 is 0. The van der Waals surface area contributed by atoms with E-state index < -0.39 is 27.7 Å². The molecule has 0 spiro atoms. The standard InChI is InChI=1S/C19H19F3N2O3S/c1-13-4-9-16(28(26,27)24-10-2-3-11-24)12-17(13)18(25)23-15-7-5-14(6-8-15)19(20,21)22/h4-9,12H,2-3,10-11H2,1H3,(H,23,25). The van der Waals surface area contributed by atoms with E-state index in [9.17, 15) is 26.4 Å². The van der Waals surface area contributed by atoms with Crippen molar-refractivity contribution in [2.45, 2.75) is 30.8 Å². The summed E-state index contributed by atoms with van der Waals surface area (Å²) < 4.78 is 64.7. The maximum atomic E-state index is 12.7. The Kier molecular flexibility index (Phi) is 5.49. The molecule has 9 heteroatoms. The van der Waals surface area contributed by atoms with E-state index in [0.717, 1.165) is 37.1 Å². The molecule has 0 aliphatic carbocycles. The Morgan fingerprint density at radius 3 is 2.21 bits per heavy atom. The zero-order valence-electron chi connectivity index (χ0n) is 15.1. The minimum atomic E-state index is -4.46. The van der Waals surface area contributed by atoms with Crippen LogP contribution in [0.1, 0.15) is 34.3 Å². The van der Waals surface area contributed by atoms with Gasteiger partial charge in [-0.1, -0.05) is 6.07 Å². The lowest BCUT2D eigenvalue weighted by Gasteiger charge is -2.17. The lowest BCUT2D eigenvalue weighted by molar-refractivity contribution is -0.137. The highest BCUT2D eigenvalue weighted by molar-refractivity contribution is 7.89. The molecule has 1 amide bonds. The molecule has 3 rings (SSSR count). The van der Waals surface area contributed by atoms with Crippen LogP contribution in [0.25, 0.3) is 0 Å². The molecule has 2 aromatic rings. The predicted octanol–water partition coefficient (Wildman–Crippen LogP) is 4.05. The van der Waals surface area contributed by atoms with Crippen molar-refractivity contribution in [2.75, 3.05) is 18.4 Å². The molecule has 1 aliphatic rings. The fourth-order valence-corrected chi connectivity index (χ4v) is 4.57. The van der Waals surface area contributed by atoms with Crippen molar-refractivity contribution in [3.63, 3.8) is 0 Å². The van der Waals surface area contributed by atoms with E-state index in [-0.39, 0.29) is 16.1 Å². The molecule has 1 aliphatic heterocycles. The van der Waals surface area contributed by atoms with E-state index >= 15 is 0 Å². The van der Waals surface area contributed by atoms with Gasteiger partial charge in [0.1, 0.15) is 0 Å². The van der Waals surface area contributed by atoms with Crippen LogP contribution in [0, 0.1) is 6.92 Å². The molecular formula is C19H19F3N2O3S. The Hall–Kier alpha value is -2.39. The van der Waals surface area contributed by atoms with Gasteiger partial charge in [0.2, 0.25) is 10.0 Å². The normalized spacial score (nSPS) is 15.6. The molecule has 1 heterocycles. The fourth-order valence-electron chi connectivity index (χ4n) is 3.02. The zero-order chi connectivity index (χ0) is 20.5. The van der Waals surface area contributed by atoms with Gasteiger partial charge < -0.3 is 5.32 Å². The maximum Gasteiger partial charge on any atom is 0.416 e. The lowest BCUT2D eigenvalue weighted by Crippen LogP contribution is -2.28. The molecule has 2 aromatic carbocycles. The Balaban J connectivity index is 1.84. The minimum absolute atomic E-state index is 0.0255. The number of carbonyl (C=O) groups excluding carboxylic acids is 1. The van der Waals surface area contributed by atoms with E-state index in [1.54, 1.807) is 13.0 Å². The molecule has 0 bridgehead atoms. The summed E-state index contributed by atoms with van der Waals surface area (Å²) in [5, 5.41) is 2.51. The first-order chi connectivity index (χ1) is 13.1. The summed E-state index contributed by atoms with van der Waals surface area (Å²) in [6.45, 7) is 2.56. The Morgan fingerprint density at radius 1 is 1.04 bits per heavy atom. The summed E-state index contributed by atoms with van der Waals surface area (Å²) in [5.41, 5.74) is 0.0792. The molecule has 0 atom stereocenters. The summed E-state index contributed by atoms with van der Waals surface area (Å²) in [5.74, 6) is -0.587. The van der Waals surface area contributed by atoms with Crippen LogP contribution in [0.15, 0.2) is 47.4 Å². The van der Waals surface area contributed by atoms with Crippen molar-refractivity contribution < 1.29 is 26.4 Å². The van der Waals surface area contributed by atoms with Crippen LogP contribution in [0.5, 0.6) is 0 Å². The van der Waals surface area contributed by atoms with E-state index in [1.165, 1.54) is 16.4 Å². The summed E-state index contributed by atoms with van der Waals surface area (Å²) in [4.78, 5) is 12.6. The zero-order valence-corrected chi connectivity index (χ0v) is 15.9. The van der Waals surface area contributed by atoms with Crippen LogP contribution in [0.3, 0.4) is 0 Å². The monoisotopic (exact) mass is 412 g/mol. The number of sulfonamides is 1. The van der Waals surface area contributed by atoms with Crippen LogP contribution in [-0.2, 0) is 16.2 Å². The van der Waals surface area contributed by atoms with Crippen LogP contribution < -0.4 is 5.32 Å². The van der Waals surface area contributed by atoms with Gasteiger partial charge in [0.05, 0.1) is 10.5 Å². The van der Waals surface area contributed by atoms with Gasteiger partial charge in [0.25, 0.3) is 5.91 Å². The SMILES string of the molecule is Cc1ccc(S(=O)(=O)N2CCCC2)cc1C(=O)Nc1ccc(C(F)(F)F)cc1. The van der Waals surface area contributed by atoms with Gasteiger partial charge in [-0.2, -0.15) is 17.5 Å². The van der Waals surface area contributed by atoms with E-state index in [2.05, 4.69) is 5.32 Å². The number of aryl methyl sites for hydroxylation is 1. The number of halogens is 3. The number of nitrogens with zero attached hydrogens (tertiary/aromatic N) is 1. The fraction of sp³-hybridized carbons (Fsp3) is 0.316. The highest BCUT2D eigenvalue weighted by Gasteiger charge is 2.30. The van der Waals surface area contributed by atoms with Gasteiger partial charge in [-0.3, -0.25) is 4.79 Å². The molecule has 0 unspecified atom stereocenters. The second-order valence-corrected chi connectivity index (χ2v) is 8.56. The maximum absolute atomic E-state index is 12.7. The van der Waals surface area contributed by atoms with Gasteiger partial charge in [0, 0.05) is 24.3 Å². The number of alkyl halides is 3. The van der Waals surface area contributed by atoms with Crippen LogP contribution in [0.2, 0.25) is 0 Å². The third-order valence-electron chi connectivity index (χ3n) is 4.63. The molecule has 28 heavy (non-hydrogen) atoms. The number of benzene rings is 2. The number of hydrogen-bond acceptors (Lipinski definition) is 3. The van der Waals surface area contributed by atoms with Crippen molar-refractivity contribution in [2.24, 2.45) is 0 Å². The van der Waals surface area contributed by atoms with Crippen LogP contribution >= 0.6 is 0 Å². The molecule has 1 N–H and O–H groups in total. The molecular weight excluding hydrogens is 393 g/mol. The van der Waals surface area contributed by atoms with Crippen molar-refractivity contribution in [1.82, 2.24) is 4.31 Å². The second-order valence-electron chi connectivity index (χ2n) is 6.62. The van der Waals surface area contributed by atoms with Crippen LogP contribution in [0.4, 0.5) is 18.9 Å². The summed E-state index contributed by atoms with van der Waals surface area (Å²) in [6, 6.07) is 8.36. The van der Waals surface area contributed by atoms with Gasteiger partial charge in [0.15, 0.2) is 0 Å². The van der Waals surface area contributed by atoms with Crippen molar-refractivity contribution in [3.05, 3.63) is 59.2 Å². The average Bonchev–Trinajstić information content (AvgIpc) is 3.17.